The summed E-state index contributed by atoms with van der Waals surface area (Å²) in [5.41, 5.74) is 1.84. The maximum absolute atomic E-state index is 12.2. The van der Waals surface area contributed by atoms with Gasteiger partial charge in [-0.1, -0.05) is 18.2 Å². The molecule has 3 rings (SSSR count). The van der Waals surface area contributed by atoms with Gasteiger partial charge in [-0.15, -0.1) is 11.3 Å². The summed E-state index contributed by atoms with van der Waals surface area (Å²) in [7, 11) is 1.61. The van der Waals surface area contributed by atoms with Gasteiger partial charge in [0.15, 0.2) is 5.13 Å². The molecule has 2 heterocycles. The molecule has 1 aliphatic rings. The van der Waals surface area contributed by atoms with Gasteiger partial charge in [0.2, 0.25) is 5.91 Å². The lowest BCUT2D eigenvalue weighted by Gasteiger charge is -2.25. The van der Waals surface area contributed by atoms with Gasteiger partial charge in [0.25, 0.3) is 0 Å². The SMILES string of the molecule is COc1ccccc1CC(=O)Nc1nc(CN2CCOCC2)cs1. The first-order valence-corrected chi connectivity index (χ1v) is 8.79. The fraction of sp³-hybridized carbons (Fsp3) is 0.412. The third kappa shape index (κ3) is 4.53. The predicted molar refractivity (Wildman–Crippen MR) is 93.5 cm³/mol. The maximum atomic E-state index is 12.2. The maximum Gasteiger partial charge on any atom is 0.230 e. The number of carbonyl (C=O) groups is 1. The lowest BCUT2D eigenvalue weighted by Crippen LogP contribution is -2.35. The van der Waals surface area contributed by atoms with Gasteiger partial charge in [0.1, 0.15) is 5.75 Å². The number of benzene rings is 1. The summed E-state index contributed by atoms with van der Waals surface area (Å²) in [4.78, 5) is 19.0. The number of carbonyl (C=O) groups excluding carboxylic acids is 1. The van der Waals surface area contributed by atoms with Crippen LogP contribution >= 0.6 is 11.3 Å². The molecule has 0 bridgehead atoms. The number of amides is 1. The molecule has 0 aliphatic carbocycles. The first-order valence-electron chi connectivity index (χ1n) is 7.91. The van der Waals surface area contributed by atoms with Crippen molar-refractivity contribution in [3.63, 3.8) is 0 Å². The summed E-state index contributed by atoms with van der Waals surface area (Å²) >= 11 is 1.45. The Labute approximate surface area is 145 Å². The van der Waals surface area contributed by atoms with E-state index >= 15 is 0 Å². The highest BCUT2D eigenvalue weighted by Gasteiger charge is 2.14. The van der Waals surface area contributed by atoms with Crippen LogP contribution in [0.25, 0.3) is 0 Å². The van der Waals surface area contributed by atoms with Gasteiger partial charge in [-0.25, -0.2) is 4.98 Å². The number of thiazole rings is 1. The van der Waals surface area contributed by atoms with Crippen LogP contribution in [0.15, 0.2) is 29.6 Å². The zero-order chi connectivity index (χ0) is 16.8. The molecule has 24 heavy (non-hydrogen) atoms. The van der Waals surface area contributed by atoms with E-state index in [1.165, 1.54) is 11.3 Å². The predicted octanol–water partition coefficient (Wildman–Crippen LogP) is 2.17. The lowest BCUT2D eigenvalue weighted by atomic mass is 10.1. The third-order valence-electron chi connectivity index (χ3n) is 3.83. The van der Waals surface area contributed by atoms with Gasteiger partial charge in [-0.3, -0.25) is 9.69 Å². The minimum absolute atomic E-state index is 0.0910. The molecule has 0 atom stereocenters. The molecule has 1 aromatic carbocycles. The summed E-state index contributed by atoms with van der Waals surface area (Å²) in [5.74, 6) is 0.631. The van der Waals surface area contributed by atoms with E-state index in [0.29, 0.717) is 5.13 Å². The minimum atomic E-state index is -0.0910. The van der Waals surface area contributed by atoms with Crippen molar-refractivity contribution in [1.29, 1.82) is 0 Å². The van der Waals surface area contributed by atoms with Gasteiger partial charge in [-0.2, -0.15) is 0 Å². The molecule has 128 valence electrons. The largest absolute Gasteiger partial charge is 0.496 e. The van der Waals surface area contributed by atoms with Crippen molar-refractivity contribution in [2.24, 2.45) is 0 Å². The molecule has 0 saturated carbocycles. The second-order valence-electron chi connectivity index (χ2n) is 5.57. The monoisotopic (exact) mass is 347 g/mol. The first kappa shape index (κ1) is 16.9. The number of rotatable bonds is 6. The molecule has 6 nitrogen and oxygen atoms in total. The molecule has 0 spiro atoms. The molecule has 1 fully saturated rings. The second-order valence-corrected chi connectivity index (χ2v) is 6.43. The third-order valence-corrected chi connectivity index (χ3v) is 4.64. The lowest BCUT2D eigenvalue weighted by molar-refractivity contribution is -0.115. The van der Waals surface area contributed by atoms with Crippen molar-refractivity contribution in [1.82, 2.24) is 9.88 Å². The molecule has 0 unspecified atom stereocenters. The van der Waals surface area contributed by atoms with Crippen LogP contribution in [0.2, 0.25) is 0 Å². The van der Waals surface area contributed by atoms with Gasteiger partial charge in [0.05, 0.1) is 32.4 Å². The molecule has 1 N–H and O–H groups in total. The van der Waals surface area contributed by atoms with Crippen LogP contribution < -0.4 is 10.1 Å². The van der Waals surface area contributed by atoms with Crippen LogP contribution in [0.1, 0.15) is 11.3 Å². The first-order chi connectivity index (χ1) is 11.7. The van der Waals surface area contributed by atoms with Crippen molar-refractivity contribution in [2.45, 2.75) is 13.0 Å². The van der Waals surface area contributed by atoms with Crippen molar-refractivity contribution in [3.8, 4) is 5.75 Å². The Morgan fingerprint density at radius 2 is 2.17 bits per heavy atom. The van der Waals surface area contributed by atoms with Gasteiger partial charge in [-0.05, 0) is 6.07 Å². The Kier molecular flexibility index (Phi) is 5.79. The average Bonchev–Trinajstić information content (AvgIpc) is 3.03. The number of hydrogen-bond donors (Lipinski definition) is 1. The second kappa shape index (κ2) is 8.23. The summed E-state index contributed by atoms with van der Waals surface area (Å²) in [6.45, 7) is 4.18. The van der Waals surface area contributed by atoms with Crippen LogP contribution in [0.3, 0.4) is 0 Å². The molecule has 2 aromatic rings. The summed E-state index contributed by atoms with van der Waals surface area (Å²) < 4.78 is 10.6. The topological polar surface area (TPSA) is 63.7 Å². The highest BCUT2D eigenvalue weighted by molar-refractivity contribution is 7.13. The standard InChI is InChI=1S/C17H21N3O3S/c1-22-15-5-3-2-4-13(15)10-16(21)19-17-18-14(12-24-17)11-20-6-8-23-9-7-20/h2-5,12H,6-11H2,1H3,(H,18,19,21). The van der Waals surface area contributed by atoms with E-state index in [9.17, 15) is 4.79 Å². The van der Waals surface area contributed by atoms with Gasteiger partial charge >= 0.3 is 0 Å². The number of hydrogen-bond acceptors (Lipinski definition) is 6. The normalized spacial score (nSPS) is 15.2. The summed E-state index contributed by atoms with van der Waals surface area (Å²) in [6, 6.07) is 7.53. The number of ether oxygens (including phenoxy) is 2. The number of morpholine rings is 1. The highest BCUT2D eigenvalue weighted by Crippen LogP contribution is 2.20. The zero-order valence-corrected chi connectivity index (χ0v) is 14.5. The van der Waals surface area contributed by atoms with E-state index in [1.807, 2.05) is 29.6 Å². The van der Waals surface area contributed by atoms with Crippen LogP contribution in [-0.4, -0.2) is 49.2 Å². The summed E-state index contributed by atoms with van der Waals surface area (Å²) in [5, 5.41) is 5.50. The number of para-hydroxylation sites is 1. The molecular formula is C17H21N3O3S. The smallest absolute Gasteiger partial charge is 0.230 e. The molecular weight excluding hydrogens is 326 g/mol. The quantitative estimate of drug-likeness (QED) is 0.868. The molecule has 7 heteroatoms. The summed E-state index contributed by atoms with van der Waals surface area (Å²) in [6.07, 6.45) is 0.266. The Morgan fingerprint density at radius 3 is 2.96 bits per heavy atom. The van der Waals surface area contributed by atoms with E-state index in [2.05, 4.69) is 15.2 Å². The molecule has 1 saturated heterocycles. The van der Waals surface area contributed by atoms with Crippen LogP contribution in [0.4, 0.5) is 5.13 Å². The van der Waals surface area contributed by atoms with E-state index in [0.717, 1.165) is 49.9 Å². The average molecular weight is 347 g/mol. The number of nitrogens with one attached hydrogen (secondary N) is 1. The number of methoxy groups -OCH3 is 1. The van der Waals surface area contributed by atoms with Crippen molar-refractivity contribution in [3.05, 3.63) is 40.9 Å². The number of anilines is 1. The van der Waals surface area contributed by atoms with Crippen LogP contribution in [-0.2, 0) is 22.5 Å². The molecule has 0 radical (unpaired) electrons. The fourth-order valence-corrected chi connectivity index (χ4v) is 3.33. The van der Waals surface area contributed by atoms with E-state index in [-0.39, 0.29) is 12.3 Å². The van der Waals surface area contributed by atoms with Gasteiger partial charge in [0, 0.05) is 30.6 Å². The Balaban J connectivity index is 1.55. The van der Waals surface area contributed by atoms with Crippen molar-refractivity contribution in [2.75, 3.05) is 38.7 Å². The Bertz CT molecular complexity index is 683. The minimum Gasteiger partial charge on any atom is -0.496 e. The fourth-order valence-electron chi connectivity index (χ4n) is 2.61. The Hall–Kier alpha value is -1.96. The highest BCUT2D eigenvalue weighted by atomic mass is 32.1. The van der Waals surface area contributed by atoms with Crippen molar-refractivity contribution >= 4 is 22.4 Å². The number of aromatic nitrogens is 1. The molecule has 1 aromatic heterocycles. The van der Waals surface area contributed by atoms with Crippen molar-refractivity contribution < 1.29 is 14.3 Å². The van der Waals surface area contributed by atoms with Crippen LogP contribution in [0.5, 0.6) is 5.75 Å². The Morgan fingerprint density at radius 1 is 1.38 bits per heavy atom. The zero-order valence-electron chi connectivity index (χ0n) is 13.7. The van der Waals surface area contributed by atoms with E-state index < -0.39 is 0 Å². The van der Waals surface area contributed by atoms with E-state index in [4.69, 9.17) is 9.47 Å². The molecule has 1 aliphatic heterocycles. The number of nitrogens with zero attached hydrogens (tertiary/aromatic N) is 2. The van der Waals surface area contributed by atoms with Crippen LogP contribution in [0, 0.1) is 0 Å². The van der Waals surface area contributed by atoms with E-state index in [1.54, 1.807) is 7.11 Å². The molecule has 1 amide bonds. The van der Waals surface area contributed by atoms with Gasteiger partial charge < -0.3 is 14.8 Å².